The Balaban J connectivity index is 1.58. The van der Waals surface area contributed by atoms with E-state index in [-0.39, 0.29) is 19.0 Å². The van der Waals surface area contributed by atoms with Crippen LogP contribution in [0.3, 0.4) is 0 Å². The molecule has 0 radical (unpaired) electrons. The number of amides is 4. The number of carbonyl (C=O) groups is 3. The standard InChI is InChI=1S/C32H35N3O5/c1-32(2,3)40-31(38)35(23-13-19-25-16-8-5-9-17-25)30(37)34(22-12-18-24-14-6-4-7-15-24)29(36)28-33-26-20-10-11-21-27(26)39-28/h4-11,14-17,20-21H,12-13,18-19,22-23H2,1-3H3. The molecule has 0 spiro atoms. The number of para-hydroxylation sites is 2. The van der Waals surface area contributed by atoms with Crippen LogP contribution in [0.4, 0.5) is 9.59 Å². The lowest BCUT2D eigenvalue weighted by Gasteiger charge is -2.30. The summed E-state index contributed by atoms with van der Waals surface area (Å²) in [5, 5.41) is 0. The Kier molecular flexibility index (Phi) is 9.32. The molecule has 8 heteroatoms. The summed E-state index contributed by atoms with van der Waals surface area (Å²) >= 11 is 0. The Bertz CT molecular complexity index is 1390. The highest BCUT2D eigenvalue weighted by molar-refractivity contribution is 6.06. The van der Waals surface area contributed by atoms with E-state index in [0.29, 0.717) is 36.8 Å². The number of nitrogens with zero attached hydrogens (tertiary/aromatic N) is 3. The van der Waals surface area contributed by atoms with Crippen LogP contribution in [0.15, 0.2) is 89.3 Å². The predicted octanol–water partition coefficient (Wildman–Crippen LogP) is 6.89. The van der Waals surface area contributed by atoms with E-state index in [2.05, 4.69) is 4.98 Å². The zero-order valence-electron chi connectivity index (χ0n) is 23.2. The van der Waals surface area contributed by atoms with Crippen molar-refractivity contribution >= 4 is 29.1 Å². The van der Waals surface area contributed by atoms with Crippen LogP contribution in [0.5, 0.6) is 0 Å². The number of rotatable bonds is 9. The van der Waals surface area contributed by atoms with Crippen LogP contribution in [0, 0.1) is 0 Å². The molecule has 40 heavy (non-hydrogen) atoms. The highest BCUT2D eigenvalue weighted by atomic mass is 16.6. The molecule has 208 valence electrons. The van der Waals surface area contributed by atoms with E-state index >= 15 is 0 Å². The van der Waals surface area contributed by atoms with Crippen LogP contribution in [-0.2, 0) is 17.6 Å². The van der Waals surface area contributed by atoms with Crippen LogP contribution < -0.4 is 0 Å². The normalized spacial score (nSPS) is 11.3. The lowest BCUT2D eigenvalue weighted by atomic mass is 10.1. The molecule has 0 saturated carbocycles. The lowest BCUT2D eigenvalue weighted by molar-refractivity contribution is 0.0280. The van der Waals surface area contributed by atoms with Crippen molar-refractivity contribution in [1.29, 1.82) is 0 Å². The quantitative estimate of drug-likeness (QED) is 0.229. The highest BCUT2D eigenvalue weighted by Crippen LogP contribution is 2.19. The monoisotopic (exact) mass is 541 g/mol. The van der Waals surface area contributed by atoms with Gasteiger partial charge in [-0.15, -0.1) is 0 Å². The summed E-state index contributed by atoms with van der Waals surface area (Å²) in [6.07, 6.45) is 1.49. The fraction of sp³-hybridized carbons (Fsp3) is 0.312. The summed E-state index contributed by atoms with van der Waals surface area (Å²) in [4.78, 5) is 47.2. The third-order valence-electron chi connectivity index (χ3n) is 6.18. The van der Waals surface area contributed by atoms with Crippen molar-refractivity contribution in [1.82, 2.24) is 14.8 Å². The molecule has 0 saturated heterocycles. The molecular weight excluding hydrogens is 506 g/mol. The van der Waals surface area contributed by atoms with E-state index in [4.69, 9.17) is 9.15 Å². The molecule has 0 bridgehead atoms. The van der Waals surface area contributed by atoms with E-state index in [0.717, 1.165) is 20.9 Å². The smallest absolute Gasteiger partial charge is 0.418 e. The summed E-state index contributed by atoms with van der Waals surface area (Å²) in [5.74, 6) is -0.909. The van der Waals surface area contributed by atoms with Crippen molar-refractivity contribution in [2.24, 2.45) is 0 Å². The minimum Gasteiger partial charge on any atom is -0.443 e. The average Bonchev–Trinajstić information content (AvgIpc) is 3.37. The molecule has 0 aliphatic heterocycles. The van der Waals surface area contributed by atoms with Crippen LogP contribution in [0.1, 0.15) is 55.4 Å². The number of fused-ring (bicyclic) bond motifs is 1. The molecule has 0 atom stereocenters. The zero-order valence-corrected chi connectivity index (χ0v) is 23.2. The second-order valence-electron chi connectivity index (χ2n) is 10.5. The van der Waals surface area contributed by atoms with Gasteiger partial charge in [0.2, 0.25) is 0 Å². The number of oxazole rings is 1. The third-order valence-corrected chi connectivity index (χ3v) is 6.18. The summed E-state index contributed by atoms with van der Waals surface area (Å²) in [6, 6.07) is 25.9. The largest absolute Gasteiger partial charge is 0.443 e. The minimum atomic E-state index is -0.822. The van der Waals surface area contributed by atoms with Gasteiger partial charge in [-0.05, 0) is 69.7 Å². The van der Waals surface area contributed by atoms with Crippen molar-refractivity contribution in [3.05, 3.63) is 102 Å². The van der Waals surface area contributed by atoms with Gasteiger partial charge in [0.05, 0.1) is 0 Å². The van der Waals surface area contributed by atoms with Gasteiger partial charge in [0.25, 0.3) is 5.89 Å². The number of carbonyl (C=O) groups excluding carboxylic acids is 3. The molecule has 4 aromatic rings. The SMILES string of the molecule is CC(C)(C)OC(=O)N(CCCc1ccccc1)C(=O)N(CCCc1ccccc1)C(=O)c1nc2ccccc2o1. The Labute approximate surface area is 234 Å². The van der Waals surface area contributed by atoms with Gasteiger partial charge in [0.1, 0.15) is 11.1 Å². The number of hydrogen-bond acceptors (Lipinski definition) is 6. The number of ether oxygens (including phenoxy) is 1. The Morgan fingerprint density at radius 2 is 1.27 bits per heavy atom. The van der Waals surface area contributed by atoms with Gasteiger partial charge in [0.15, 0.2) is 5.58 Å². The number of benzene rings is 3. The second-order valence-corrected chi connectivity index (χ2v) is 10.5. The first kappa shape index (κ1) is 28.5. The molecule has 1 heterocycles. The van der Waals surface area contributed by atoms with Gasteiger partial charge in [-0.3, -0.25) is 9.69 Å². The lowest BCUT2D eigenvalue weighted by Crippen LogP contribution is -2.51. The first-order chi connectivity index (χ1) is 19.2. The van der Waals surface area contributed by atoms with Gasteiger partial charge in [-0.25, -0.2) is 19.5 Å². The maximum absolute atomic E-state index is 13.9. The fourth-order valence-corrected chi connectivity index (χ4v) is 4.26. The number of aryl methyl sites for hydroxylation is 2. The molecule has 0 aliphatic rings. The molecule has 4 amide bonds. The number of hydrogen-bond donors (Lipinski definition) is 0. The number of urea groups is 1. The Morgan fingerprint density at radius 3 is 1.82 bits per heavy atom. The Hall–Kier alpha value is -4.46. The van der Waals surface area contributed by atoms with Crippen molar-refractivity contribution in [3.8, 4) is 0 Å². The minimum absolute atomic E-state index is 0.0727. The topological polar surface area (TPSA) is 93.0 Å². The van der Waals surface area contributed by atoms with E-state index in [1.54, 1.807) is 45.0 Å². The molecule has 1 aromatic heterocycles. The van der Waals surface area contributed by atoms with Crippen molar-refractivity contribution in [2.45, 2.75) is 52.1 Å². The van der Waals surface area contributed by atoms with Crippen molar-refractivity contribution in [2.75, 3.05) is 13.1 Å². The van der Waals surface area contributed by atoms with Crippen LogP contribution >= 0.6 is 0 Å². The Morgan fingerprint density at radius 1 is 0.750 bits per heavy atom. The summed E-state index contributed by atoms with van der Waals surface area (Å²) in [7, 11) is 0. The van der Waals surface area contributed by atoms with Crippen LogP contribution in [0.25, 0.3) is 11.1 Å². The molecule has 0 unspecified atom stereocenters. The van der Waals surface area contributed by atoms with E-state index in [1.165, 1.54) is 0 Å². The molecule has 0 aliphatic carbocycles. The van der Waals surface area contributed by atoms with E-state index in [9.17, 15) is 14.4 Å². The van der Waals surface area contributed by atoms with Gasteiger partial charge in [0, 0.05) is 13.1 Å². The molecular formula is C32H35N3O5. The highest BCUT2D eigenvalue weighted by Gasteiger charge is 2.35. The predicted molar refractivity (Wildman–Crippen MR) is 153 cm³/mol. The number of aromatic nitrogens is 1. The first-order valence-electron chi connectivity index (χ1n) is 13.5. The first-order valence-corrected chi connectivity index (χ1v) is 13.5. The van der Waals surface area contributed by atoms with Gasteiger partial charge in [-0.2, -0.15) is 0 Å². The average molecular weight is 542 g/mol. The maximum atomic E-state index is 13.9. The van der Waals surface area contributed by atoms with Gasteiger partial charge >= 0.3 is 18.0 Å². The van der Waals surface area contributed by atoms with Gasteiger partial charge in [-0.1, -0.05) is 72.8 Å². The fourth-order valence-electron chi connectivity index (χ4n) is 4.26. The molecule has 0 N–H and O–H groups in total. The van der Waals surface area contributed by atoms with Gasteiger partial charge < -0.3 is 9.15 Å². The third kappa shape index (κ3) is 7.79. The molecule has 4 rings (SSSR count). The summed E-state index contributed by atoms with van der Waals surface area (Å²) in [5.41, 5.74) is 2.29. The molecule has 3 aromatic carbocycles. The van der Waals surface area contributed by atoms with Crippen molar-refractivity contribution < 1.29 is 23.5 Å². The molecule has 8 nitrogen and oxygen atoms in total. The van der Waals surface area contributed by atoms with E-state index < -0.39 is 23.6 Å². The van der Waals surface area contributed by atoms with Crippen LogP contribution in [0.2, 0.25) is 0 Å². The zero-order chi connectivity index (χ0) is 28.5. The van der Waals surface area contributed by atoms with Crippen LogP contribution in [-0.4, -0.2) is 51.5 Å². The van der Waals surface area contributed by atoms with Crippen molar-refractivity contribution in [3.63, 3.8) is 0 Å². The summed E-state index contributed by atoms with van der Waals surface area (Å²) in [6.45, 7) is 5.36. The number of imide groups is 2. The molecule has 0 fully saturated rings. The summed E-state index contributed by atoms with van der Waals surface area (Å²) < 4.78 is 11.3. The maximum Gasteiger partial charge on any atom is 0.418 e. The second kappa shape index (κ2) is 13.1. The van der Waals surface area contributed by atoms with E-state index in [1.807, 2.05) is 60.7 Å².